The topological polar surface area (TPSA) is 12.0 Å². The lowest BCUT2D eigenvalue weighted by atomic mass is 9.60. The van der Waals surface area contributed by atoms with Crippen molar-refractivity contribution in [2.24, 2.45) is 23.2 Å². The van der Waals surface area contributed by atoms with Crippen molar-refractivity contribution in [3.8, 4) is 0 Å². The van der Waals surface area contributed by atoms with Crippen LogP contribution >= 0.6 is 0 Å². The molecule has 1 aromatic rings. The molecule has 2 bridgehead atoms. The van der Waals surface area contributed by atoms with Gasteiger partial charge in [-0.3, -0.25) is 0 Å². The van der Waals surface area contributed by atoms with E-state index in [9.17, 15) is 0 Å². The third kappa shape index (κ3) is 1.30. The largest absolute Gasteiger partial charge is 0.307 e. The molecule has 5 rings (SSSR count). The van der Waals surface area contributed by atoms with Crippen LogP contribution in [0.5, 0.6) is 0 Å². The molecule has 0 amide bonds. The molecule has 4 aliphatic rings. The highest BCUT2D eigenvalue weighted by Gasteiger charge is 2.80. The molecular weight excluding hydrogens is 241 g/mol. The van der Waals surface area contributed by atoms with Crippen LogP contribution in [-0.2, 0) is 6.54 Å². The van der Waals surface area contributed by atoms with Crippen molar-refractivity contribution >= 4 is 13.3 Å². The molecule has 2 heteroatoms. The minimum absolute atomic E-state index is 0.545. The van der Waals surface area contributed by atoms with Crippen LogP contribution in [0.3, 0.4) is 0 Å². The van der Waals surface area contributed by atoms with Gasteiger partial charge in [0.25, 0.3) is 0 Å². The van der Waals surface area contributed by atoms with E-state index in [4.69, 9.17) is 0 Å². The number of fused-ring (bicyclic) bond motifs is 1. The van der Waals surface area contributed by atoms with Gasteiger partial charge in [-0.25, -0.2) is 0 Å². The first-order valence-corrected chi connectivity index (χ1v) is 8.43. The van der Waals surface area contributed by atoms with Crippen LogP contribution in [-0.4, -0.2) is 13.4 Å². The average molecular weight is 265 g/mol. The van der Waals surface area contributed by atoms with Crippen molar-refractivity contribution < 1.29 is 0 Å². The van der Waals surface area contributed by atoms with Crippen LogP contribution in [0.25, 0.3) is 0 Å². The van der Waals surface area contributed by atoms with Crippen LogP contribution in [0.15, 0.2) is 18.2 Å². The van der Waals surface area contributed by atoms with E-state index < -0.39 is 0 Å². The summed E-state index contributed by atoms with van der Waals surface area (Å²) in [5, 5.41) is 4.04. The first-order chi connectivity index (χ1) is 9.62. The van der Waals surface area contributed by atoms with E-state index in [1.807, 2.05) is 0 Å². The van der Waals surface area contributed by atoms with Crippen molar-refractivity contribution in [1.82, 2.24) is 5.32 Å². The van der Waals surface area contributed by atoms with Gasteiger partial charge in [-0.1, -0.05) is 29.2 Å². The third-order valence-corrected chi connectivity index (χ3v) is 7.33. The molecule has 4 aliphatic carbocycles. The second-order valence-electron chi connectivity index (χ2n) is 8.31. The molecule has 1 N–H and O–H groups in total. The van der Waals surface area contributed by atoms with Crippen molar-refractivity contribution in [1.29, 1.82) is 0 Å². The molecule has 0 saturated heterocycles. The van der Waals surface area contributed by atoms with Gasteiger partial charge in [0.15, 0.2) is 0 Å². The molecule has 0 aromatic heterocycles. The van der Waals surface area contributed by atoms with E-state index in [2.05, 4.69) is 38.3 Å². The van der Waals surface area contributed by atoms with Gasteiger partial charge < -0.3 is 5.32 Å². The van der Waals surface area contributed by atoms with E-state index in [1.54, 1.807) is 19.3 Å². The Kier molecular flexibility index (Phi) is 2.09. The van der Waals surface area contributed by atoms with E-state index in [0.29, 0.717) is 5.54 Å². The summed E-state index contributed by atoms with van der Waals surface area (Å²) in [6.45, 7) is 3.29. The van der Waals surface area contributed by atoms with Crippen molar-refractivity contribution in [3.05, 3.63) is 29.3 Å². The maximum absolute atomic E-state index is 4.04. The SMILES string of the molecule is Bc1ccc(C)cc1CNC12CC3CC4CC1(C2)C4C3. The summed E-state index contributed by atoms with van der Waals surface area (Å²) in [6, 6.07) is 6.87. The van der Waals surface area contributed by atoms with Crippen LogP contribution < -0.4 is 10.8 Å². The zero-order valence-corrected chi connectivity index (χ0v) is 12.7. The Labute approximate surface area is 122 Å². The first-order valence-electron chi connectivity index (χ1n) is 8.43. The lowest BCUT2D eigenvalue weighted by molar-refractivity contribution is 0.0365. The Balaban J connectivity index is 1.37. The van der Waals surface area contributed by atoms with Gasteiger partial charge in [0, 0.05) is 12.1 Å². The maximum atomic E-state index is 4.04. The third-order valence-electron chi connectivity index (χ3n) is 7.33. The number of rotatable bonds is 3. The Morgan fingerprint density at radius 1 is 1.30 bits per heavy atom. The number of nitrogens with one attached hydrogen (secondary N) is 1. The summed E-state index contributed by atoms with van der Waals surface area (Å²) in [5.41, 5.74) is 5.64. The summed E-state index contributed by atoms with van der Waals surface area (Å²) in [5.74, 6) is 3.27. The Morgan fingerprint density at radius 3 is 3.10 bits per heavy atom. The molecule has 0 heterocycles. The molecule has 20 heavy (non-hydrogen) atoms. The van der Waals surface area contributed by atoms with Gasteiger partial charge in [0.1, 0.15) is 7.85 Å². The molecule has 5 atom stereocenters. The number of hydrogen-bond acceptors (Lipinski definition) is 1. The van der Waals surface area contributed by atoms with Gasteiger partial charge >= 0.3 is 0 Å². The molecule has 4 fully saturated rings. The minimum Gasteiger partial charge on any atom is -0.307 e. The predicted octanol–water partition coefficient (Wildman–Crippen LogP) is 1.92. The summed E-state index contributed by atoms with van der Waals surface area (Å²) < 4.78 is 0. The average Bonchev–Trinajstić information content (AvgIpc) is 3.01. The molecule has 0 aliphatic heterocycles. The molecular formula is C18H24BN. The summed E-state index contributed by atoms with van der Waals surface area (Å²) in [7, 11) is 2.25. The van der Waals surface area contributed by atoms with Crippen molar-refractivity contribution in [3.63, 3.8) is 0 Å². The summed E-state index contributed by atoms with van der Waals surface area (Å²) >= 11 is 0. The number of aryl methyl sites for hydroxylation is 1. The molecule has 1 spiro atoms. The zero-order valence-electron chi connectivity index (χ0n) is 12.7. The fourth-order valence-electron chi connectivity index (χ4n) is 6.35. The van der Waals surface area contributed by atoms with E-state index >= 15 is 0 Å². The second-order valence-corrected chi connectivity index (χ2v) is 8.31. The standard InChI is InChI=1S/C18H24BN/c1-11-2-3-16(19)14(4-11)9-20-18-7-12-5-13-8-17(18,10-18)15(13)6-12/h2-4,12-13,15,20H,5-10,19H2,1H3. The van der Waals surface area contributed by atoms with E-state index in [0.717, 1.165) is 29.7 Å². The van der Waals surface area contributed by atoms with E-state index in [-0.39, 0.29) is 0 Å². The number of hydrogen-bond donors (Lipinski definition) is 1. The molecule has 5 unspecified atom stereocenters. The zero-order chi connectivity index (χ0) is 13.5. The molecule has 4 saturated carbocycles. The Morgan fingerprint density at radius 2 is 2.20 bits per heavy atom. The molecule has 104 valence electrons. The lowest BCUT2D eigenvalue weighted by Gasteiger charge is -2.47. The van der Waals surface area contributed by atoms with Crippen LogP contribution in [0.4, 0.5) is 0 Å². The van der Waals surface area contributed by atoms with Gasteiger partial charge in [-0.05, 0) is 67.8 Å². The van der Waals surface area contributed by atoms with Gasteiger partial charge in [-0.15, -0.1) is 0 Å². The summed E-state index contributed by atoms with van der Waals surface area (Å²) in [6.07, 6.45) is 7.64. The highest BCUT2D eigenvalue weighted by atomic mass is 15.1. The van der Waals surface area contributed by atoms with Crippen LogP contribution in [0.1, 0.15) is 43.2 Å². The summed E-state index contributed by atoms with van der Waals surface area (Å²) in [4.78, 5) is 0. The normalized spacial score (nSPS) is 46.8. The second kappa shape index (κ2) is 3.52. The fraction of sp³-hybridized carbons (Fsp3) is 0.667. The first kappa shape index (κ1) is 11.9. The van der Waals surface area contributed by atoms with Crippen molar-refractivity contribution in [2.75, 3.05) is 0 Å². The smallest absolute Gasteiger partial charge is 0.139 e. The maximum Gasteiger partial charge on any atom is 0.139 e. The quantitative estimate of drug-likeness (QED) is 0.823. The van der Waals surface area contributed by atoms with E-state index in [1.165, 1.54) is 29.4 Å². The fourth-order valence-corrected chi connectivity index (χ4v) is 6.35. The Hall–Kier alpha value is -0.755. The highest BCUT2D eigenvalue weighted by Crippen LogP contribution is 2.82. The highest BCUT2D eigenvalue weighted by molar-refractivity contribution is 6.33. The number of benzene rings is 1. The monoisotopic (exact) mass is 265 g/mol. The van der Waals surface area contributed by atoms with Gasteiger partial charge in [-0.2, -0.15) is 0 Å². The molecule has 0 radical (unpaired) electrons. The van der Waals surface area contributed by atoms with Gasteiger partial charge in [0.05, 0.1) is 0 Å². The lowest BCUT2D eigenvalue weighted by Crippen LogP contribution is -2.49. The van der Waals surface area contributed by atoms with Crippen LogP contribution in [0, 0.1) is 30.1 Å². The Bertz CT molecular complexity index is 597. The van der Waals surface area contributed by atoms with Gasteiger partial charge in [0.2, 0.25) is 0 Å². The minimum atomic E-state index is 0.545. The van der Waals surface area contributed by atoms with Crippen molar-refractivity contribution in [2.45, 2.75) is 51.1 Å². The molecule has 1 nitrogen and oxygen atoms in total. The van der Waals surface area contributed by atoms with Crippen LogP contribution in [0.2, 0.25) is 0 Å². The predicted molar refractivity (Wildman–Crippen MR) is 84.9 cm³/mol. The molecule has 1 aromatic carbocycles.